The fourth-order valence-electron chi connectivity index (χ4n) is 2.34. The average molecular weight is 220 g/mol. The monoisotopic (exact) mass is 220 g/mol. The Balaban J connectivity index is 2.85. The SMILES string of the molecule is CC1=C(/C=C/C(=O)CC=O)C(C)(C)CCC1. The first-order valence-corrected chi connectivity index (χ1v) is 5.82. The van der Waals surface area contributed by atoms with Crippen molar-refractivity contribution in [3.63, 3.8) is 0 Å². The third-order valence-corrected chi connectivity index (χ3v) is 3.26. The summed E-state index contributed by atoms with van der Waals surface area (Å²) in [5, 5.41) is 0. The van der Waals surface area contributed by atoms with Crippen LogP contribution in [-0.2, 0) is 9.59 Å². The third kappa shape index (κ3) is 3.16. The standard InChI is InChI=1S/C14H20O2/c1-11-5-4-9-14(2,3)13(11)7-6-12(16)8-10-15/h6-7,10H,4-5,8-9H2,1-3H3/b7-6+. The van der Waals surface area contributed by atoms with E-state index in [1.54, 1.807) is 6.08 Å². The average Bonchev–Trinajstić information content (AvgIpc) is 2.16. The van der Waals surface area contributed by atoms with Crippen LogP contribution in [0.4, 0.5) is 0 Å². The molecule has 0 aromatic carbocycles. The van der Waals surface area contributed by atoms with Crippen molar-refractivity contribution in [2.75, 3.05) is 0 Å². The number of carbonyl (C=O) groups is 2. The Kier molecular flexibility index (Phi) is 4.22. The first-order chi connectivity index (χ1) is 7.47. The van der Waals surface area contributed by atoms with E-state index < -0.39 is 0 Å². The van der Waals surface area contributed by atoms with Crippen molar-refractivity contribution in [2.45, 2.75) is 46.5 Å². The molecule has 0 saturated heterocycles. The van der Waals surface area contributed by atoms with Gasteiger partial charge in [0.05, 0.1) is 6.42 Å². The maximum Gasteiger partial charge on any atom is 0.162 e. The molecule has 0 aromatic rings. The quantitative estimate of drug-likeness (QED) is 0.414. The van der Waals surface area contributed by atoms with Crippen LogP contribution in [-0.4, -0.2) is 12.1 Å². The molecule has 0 atom stereocenters. The topological polar surface area (TPSA) is 34.1 Å². The van der Waals surface area contributed by atoms with E-state index in [1.165, 1.54) is 17.6 Å². The van der Waals surface area contributed by atoms with Crippen LogP contribution < -0.4 is 0 Å². The van der Waals surface area contributed by atoms with Crippen molar-refractivity contribution in [1.29, 1.82) is 0 Å². The number of hydrogen-bond acceptors (Lipinski definition) is 2. The van der Waals surface area contributed by atoms with Crippen LogP contribution >= 0.6 is 0 Å². The molecule has 0 fully saturated rings. The Morgan fingerprint density at radius 3 is 2.69 bits per heavy atom. The lowest BCUT2D eigenvalue weighted by molar-refractivity contribution is -0.118. The normalized spacial score (nSPS) is 20.2. The number of carbonyl (C=O) groups excluding carboxylic acids is 2. The lowest BCUT2D eigenvalue weighted by Gasteiger charge is -2.32. The summed E-state index contributed by atoms with van der Waals surface area (Å²) in [7, 11) is 0. The third-order valence-electron chi connectivity index (χ3n) is 3.26. The lowest BCUT2D eigenvalue weighted by atomic mass is 9.72. The van der Waals surface area contributed by atoms with E-state index >= 15 is 0 Å². The Morgan fingerprint density at radius 1 is 1.44 bits per heavy atom. The molecule has 0 amide bonds. The van der Waals surface area contributed by atoms with Gasteiger partial charge in [0.1, 0.15) is 6.29 Å². The molecule has 1 rings (SSSR count). The van der Waals surface area contributed by atoms with E-state index in [-0.39, 0.29) is 17.6 Å². The number of allylic oxidation sites excluding steroid dienone is 4. The van der Waals surface area contributed by atoms with Gasteiger partial charge in [-0.3, -0.25) is 4.79 Å². The lowest BCUT2D eigenvalue weighted by Crippen LogP contribution is -2.19. The molecule has 16 heavy (non-hydrogen) atoms. The summed E-state index contributed by atoms with van der Waals surface area (Å²) in [6, 6.07) is 0. The molecule has 0 heterocycles. The van der Waals surface area contributed by atoms with Gasteiger partial charge in [-0.15, -0.1) is 0 Å². The molecule has 1 aliphatic rings. The maximum atomic E-state index is 11.3. The number of ketones is 1. The zero-order valence-electron chi connectivity index (χ0n) is 10.4. The molecule has 0 radical (unpaired) electrons. The van der Waals surface area contributed by atoms with E-state index in [0.717, 1.165) is 12.8 Å². The van der Waals surface area contributed by atoms with Crippen LogP contribution in [0.3, 0.4) is 0 Å². The van der Waals surface area contributed by atoms with Crippen molar-refractivity contribution in [1.82, 2.24) is 0 Å². The van der Waals surface area contributed by atoms with Crippen molar-refractivity contribution in [3.8, 4) is 0 Å². The number of aldehydes is 1. The van der Waals surface area contributed by atoms with Crippen molar-refractivity contribution >= 4 is 12.1 Å². The van der Waals surface area contributed by atoms with E-state index in [2.05, 4.69) is 20.8 Å². The Morgan fingerprint density at radius 2 is 2.12 bits per heavy atom. The zero-order chi connectivity index (χ0) is 12.2. The van der Waals surface area contributed by atoms with Gasteiger partial charge in [-0.25, -0.2) is 0 Å². The van der Waals surface area contributed by atoms with Crippen LogP contribution in [0, 0.1) is 5.41 Å². The van der Waals surface area contributed by atoms with Crippen LogP contribution in [0.1, 0.15) is 46.5 Å². The summed E-state index contributed by atoms with van der Waals surface area (Å²) >= 11 is 0. The van der Waals surface area contributed by atoms with Crippen molar-refractivity contribution < 1.29 is 9.59 Å². The predicted molar refractivity (Wildman–Crippen MR) is 65.2 cm³/mol. The molecular formula is C14H20O2. The minimum absolute atomic E-state index is 0.0107. The van der Waals surface area contributed by atoms with Gasteiger partial charge in [-0.2, -0.15) is 0 Å². The predicted octanol–water partition coefficient (Wildman–Crippen LogP) is 3.23. The van der Waals surface area contributed by atoms with E-state index in [9.17, 15) is 9.59 Å². The molecule has 1 aliphatic carbocycles. The molecule has 0 spiro atoms. The summed E-state index contributed by atoms with van der Waals surface area (Å²) in [5.74, 6) is -0.114. The summed E-state index contributed by atoms with van der Waals surface area (Å²) in [6.07, 6.45) is 7.58. The Labute approximate surface area is 97.4 Å². The Hall–Kier alpha value is -1.18. The van der Waals surface area contributed by atoms with Gasteiger partial charge in [-0.05, 0) is 43.3 Å². The molecule has 0 aliphatic heterocycles. The second-order valence-corrected chi connectivity index (χ2v) is 5.10. The molecule has 0 saturated carbocycles. The second kappa shape index (κ2) is 5.24. The number of hydrogen-bond donors (Lipinski definition) is 0. The Bertz CT molecular complexity index is 346. The summed E-state index contributed by atoms with van der Waals surface area (Å²) < 4.78 is 0. The fraction of sp³-hybridized carbons (Fsp3) is 0.571. The summed E-state index contributed by atoms with van der Waals surface area (Å²) in [6.45, 7) is 6.55. The van der Waals surface area contributed by atoms with Crippen LogP contribution in [0.2, 0.25) is 0 Å². The highest BCUT2D eigenvalue weighted by Crippen LogP contribution is 2.40. The smallest absolute Gasteiger partial charge is 0.162 e. The molecule has 2 heteroatoms. The highest BCUT2D eigenvalue weighted by atomic mass is 16.1. The highest BCUT2D eigenvalue weighted by molar-refractivity contribution is 5.98. The van der Waals surface area contributed by atoms with Crippen molar-refractivity contribution in [2.24, 2.45) is 5.41 Å². The van der Waals surface area contributed by atoms with Gasteiger partial charge in [0.15, 0.2) is 5.78 Å². The molecular weight excluding hydrogens is 200 g/mol. The van der Waals surface area contributed by atoms with Gasteiger partial charge in [0, 0.05) is 0 Å². The van der Waals surface area contributed by atoms with Gasteiger partial charge in [-0.1, -0.05) is 25.5 Å². The summed E-state index contributed by atoms with van der Waals surface area (Å²) in [4.78, 5) is 21.5. The van der Waals surface area contributed by atoms with Gasteiger partial charge >= 0.3 is 0 Å². The maximum absolute atomic E-state index is 11.3. The highest BCUT2D eigenvalue weighted by Gasteiger charge is 2.26. The molecule has 2 nitrogen and oxygen atoms in total. The first kappa shape index (κ1) is 12.9. The number of rotatable bonds is 4. The minimum atomic E-state index is -0.114. The molecule has 0 N–H and O–H groups in total. The minimum Gasteiger partial charge on any atom is -0.303 e. The fourth-order valence-corrected chi connectivity index (χ4v) is 2.34. The van der Waals surface area contributed by atoms with E-state index in [0.29, 0.717) is 6.29 Å². The molecule has 0 aromatic heterocycles. The van der Waals surface area contributed by atoms with Crippen LogP contribution in [0.5, 0.6) is 0 Å². The van der Waals surface area contributed by atoms with Crippen LogP contribution in [0.25, 0.3) is 0 Å². The molecule has 88 valence electrons. The largest absolute Gasteiger partial charge is 0.303 e. The first-order valence-electron chi connectivity index (χ1n) is 5.82. The van der Waals surface area contributed by atoms with E-state index in [1.807, 2.05) is 6.08 Å². The van der Waals surface area contributed by atoms with Gasteiger partial charge in [0.25, 0.3) is 0 Å². The zero-order valence-corrected chi connectivity index (χ0v) is 10.4. The van der Waals surface area contributed by atoms with E-state index in [4.69, 9.17) is 0 Å². The van der Waals surface area contributed by atoms with Crippen LogP contribution in [0.15, 0.2) is 23.3 Å². The molecule has 0 unspecified atom stereocenters. The van der Waals surface area contributed by atoms with Gasteiger partial charge < -0.3 is 4.79 Å². The van der Waals surface area contributed by atoms with Gasteiger partial charge in [0.2, 0.25) is 0 Å². The summed E-state index contributed by atoms with van der Waals surface area (Å²) in [5.41, 5.74) is 2.78. The molecule has 0 bridgehead atoms. The second-order valence-electron chi connectivity index (χ2n) is 5.10. The van der Waals surface area contributed by atoms with Crippen molar-refractivity contribution in [3.05, 3.63) is 23.3 Å².